The van der Waals surface area contributed by atoms with Crippen molar-refractivity contribution < 1.29 is 47.7 Å². The molecule has 31 heavy (non-hydrogen) atoms. The van der Waals surface area contributed by atoms with Crippen LogP contribution in [-0.2, 0) is 39.1 Å². The van der Waals surface area contributed by atoms with Gasteiger partial charge in [-0.05, 0) is 59.6 Å². The number of benzene rings is 1. The predicted molar refractivity (Wildman–Crippen MR) is 125 cm³/mol. The van der Waals surface area contributed by atoms with E-state index in [4.69, 9.17) is 4.74 Å². The summed E-state index contributed by atoms with van der Waals surface area (Å²) in [5.74, 6) is 1.44. The maximum atomic E-state index is 10.4. The molecular formula is C26H35O3SY-. The zero-order valence-corrected chi connectivity index (χ0v) is 22.6. The number of rotatable bonds is 12. The predicted octanol–water partition coefficient (Wildman–Crippen LogP) is 6.35. The van der Waals surface area contributed by atoms with Crippen LogP contribution in [0.2, 0.25) is 0 Å². The zero-order valence-electron chi connectivity index (χ0n) is 18.9. The quantitative estimate of drug-likeness (QED) is 0.256. The number of methoxy groups -OCH3 is 1. The van der Waals surface area contributed by atoms with Crippen molar-refractivity contribution in [1.29, 1.82) is 0 Å². The third-order valence-electron chi connectivity index (χ3n) is 6.29. The van der Waals surface area contributed by atoms with Gasteiger partial charge in [0.15, 0.2) is 0 Å². The number of hydrogen-bond donors (Lipinski definition) is 2. The molecule has 2 aromatic rings. The smallest absolute Gasteiger partial charge is 0.0790 e. The molecule has 1 unspecified atom stereocenters. The first-order valence-corrected chi connectivity index (χ1v) is 12.1. The van der Waals surface area contributed by atoms with Gasteiger partial charge in [-0.25, -0.2) is 0 Å². The fourth-order valence-corrected chi connectivity index (χ4v) is 5.39. The summed E-state index contributed by atoms with van der Waals surface area (Å²) >= 11 is 1.64. The molecule has 167 valence electrons. The number of thiophene rings is 1. The maximum Gasteiger partial charge on any atom is 0.0790 e. The normalized spacial score (nSPS) is 17.0. The van der Waals surface area contributed by atoms with Crippen LogP contribution in [0.25, 0.3) is 5.57 Å². The summed E-state index contributed by atoms with van der Waals surface area (Å²) < 4.78 is 5.41. The van der Waals surface area contributed by atoms with Crippen LogP contribution < -0.4 is 4.74 Å². The van der Waals surface area contributed by atoms with E-state index < -0.39 is 0 Å². The van der Waals surface area contributed by atoms with E-state index in [0.717, 1.165) is 56.3 Å². The van der Waals surface area contributed by atoms with Crippen molar-refractivity contribution in [3.05, 3.63) is 57.3 Å². The molecule has 1 heterocycles. The van der Waals surface area contributed by atoms with Crippen LogP contribution in [0.15, 0.2) is 35.9 Å². The fourth-order valence-electron chi connectivity index (χ4n) is 4.59. The molecule has 1 aliphatic rings. The van der Waals surface area contributed by atoms with Crippen LogP contribution in [-0.4, -0.2) is 23.9 Å². The van der Waals surface area contributed by atoms with Gasteiger partial charge in [0.1, 0.15) is 0 Å². The second-order valence-electron chi connectivity index (χ2n) is 8.29. The van der Waals surface area contributed by atoms with Gasteiger partial charge in [-0.3, -0.25) is 11.3 Å². The van der Waals surface area contributed by atoms with Gasteiger partial charge >= 0.3 is 0 Å². The number of ether oxygens (including phenoxy) is 1. The van der Waals surface area contributed by atoms with E-state index >= 15 is 0 Å². The number of aryl methyl sites for hydroxylation is 1. The number of aliphatic hydroxyl groups excluding tert-OH is 2. The van der Waals surface area contributed by atoms with Crippen molar-refractivity contribution >= 4 is 16.9 Å². The van der Waals surface area contributed by atoms with Gasteiger partial charge in [0, 0.05) is 32.7 Å². The van der Waals surface area contributed by atoms with Crippen LogP contribution in [0.5, 0.6) is 5.75 Å². The molecule has 0 amide bonds. The monoisotopic (exact) mass is 516 g/mol. The van der Waals surface area contributed by atoms with Crippen LogP contribution in [0.4, 0.5) is 0 Å². The Morgan fingerprint density at radius 2 is 1.97 bits per heavy atom. The Hall–Kier alpha value is -0.516. The van der Waals surface area contributed by atoms with E-state index in [-0.39, 0.29) is 45.4 Å². The number of unbranched alkanes of at least 4 members (excludes halogenated alkanes) is 2. The second kappa shape index (κ2) is 13.9. The average molecular weight is 517 g/mol. The number of hydrogen-bond acceptors (Lipinski definition) is 4. The molecule has 1 aromatic heterocycles. The van der Waals surface area contributed by atoms with Crippen LogP contribution in [0, 0.1) is 11.3 Å². The maximum absolute atomic E-state index is 10.4. The third-order valence-corrected chi connectivity index (χ3v) is 7.17. The first kappa shape index (κ1) is 26.7. The van der Waals surface area contributed by atoms with Crippen molar-refractivity contribution in [3.63, 3.8) is 0 Å². The van der Waals surface area contributed by atoms with E-state index in [1.807, 2.05) is 6.07 Å². The largest absolute Gasteiger partial charge is 0.565 e. The standard InChI is InChI=1S/C26H35O3S.Y/c1-3-4-5-8-23(28)19-10-12-21(13-11-19)26-20(14-15-22(26)18-27)7-6-9-25-24(29-2)16-17-30-25;/h10-13,16,20,23,27-28H,3-9,14-15,18H2,1-2H3;/q-1;/t20-,23?;/m0./s1. The molecule has 0 bridgehead atoms. The Labute approximate surface area is 216 Å². The van der Waals surface area contributed by atoms with Gasteiger partial charge in [0.2, 0.25) is 0 Å². The third kappa shape index (κ3) is 7.23. The van der Waals surface area contributed by atoms with Crippen LogP contribution in [0.3, 0.4) is 0 Å². The minimum atomic E-state index is -0.381. The molecular weight excluding hydrogens is 481 g/mol. The van der Waals surface area contributed by atoms with E-state index in [2.05, 4.69) is 36.6 Å². The molecule has 2 N–H and O–H groups in total. The molecule has 0 saturated carbocycles. The minimum absolute atomic E-state index is 0. The first-order chi connectivity index (χ1) is 14.7. The van der Waals surface area contributed by atoms with E-state index in [1.54, 1.807) is 18.4 Å². The van der Waals surface area contributed by atoms with Crippen molar-refractivity contribution in [2.24, 2.45) is 5.92 Å². The summed E-state index contributed by atoms with van der Waals surface area (Å²) in [6.07, 6.45) is 9.16. The Balaban J connectivity index is 0.00000341. The molecule has 1 aromatic carbocycles. The number of allylic oxidation sites excluding steroid dienone is 1. The average Bonchev–Trinajstić information content (AvgIpc) is 3.40. The summed E-state index contributed by atoms with van der Waals surface area (Å²) in [7, 11) is 1.72. The SMILES string of the molecule is CCCCCC(O)c1ccc(C2=C(CO)CC[C@@H]2CCCc2s[c-]cc2OC)cc1.[Y]. The van der Waals surface area contributed by atoms with Crippen LogP contribution in [0.1, 0.15) is 80.4 Å². The van der Waals surface area contributed by atoms with E-state index in [0.29, 0.717) is 5.92 Å². The van der Waals surface area contributed by atoms with Crippen molar-refractivity contribution in [2.45, 2.75) is 70.8 Å². The molecule has 0 saturated heterocycles. The summed E-state index contributed by atoms with van der Waals surface area (Å²) in [4.78, 5) is 1.27. The molecule has 2 atom stereocenters. The summed E-state index contributed by atoms with van der Waals surface area (Å²) in [5.41, 5.74) is 4.71. The summed E-state index contributed by atoms with van der Waals surface area (Å²) in [6.45, 7) is 2.32. The number of aliphatic hydroxyl groups is 2. The Morgan fingerprint density at radius 1 is 1.19 bits per heavy atom. The van der Waals surface area contributed by atoms with Gasteiger partial charge in [-0.1, -0.05) is 63.3 Å². The van der Waals surface area contributed by atoms with Gasteiger partial charge < -0.3 is 14.9 Å². The van der Waals surface area contributed by atoms with Crippen molar-refractivity contribution in [3.8, 4) is 5.75 Å². The van der Waals surface area contributed by atoms with E-state index in [9.17, 15) is 10.2 Å². The minimum Gasteiger partial charge on any atom is -0.565 e. The molecule has 3 nitrogen and oxygen atoms in total. The van der Waals surface area contributed by atoms with Crippen molar-refractivity contribution in [1.82, 2.24) is 0 Å². The molecule has 0 fully saturated rings. The van der Waals surface area contributed by atoms with Gasteiger partial charge in [0.25, 0.3) is 0 Å². The molecule has 3 rings (SSSR count). The first-order valence-electron chi connectivity index (χ1n) is 11.3. The molecule has 0 aliphatic heterocycles. The molecule has 5 heteroatoms. The van der Waals surface area contributed by atoms with E-state index in [1.165, 1.54) is 34.4 Å². The summed E-state index contributed by atoms with van der Waals surface area (Å²) in [6, 6.07) is 10.3. The molecule has 0 spiro atoms. The molecule has 1 radical (unpaired) electrons. The topological polar surface area (TPSA) is 49.7 Å². The Bertz CT molecular complexity index is 812. The van der Waals surface area contributed by atoms with Gasteiger partial charge in [0.05, 0.1) is 19.8 Å². The Kier molecular flexibility index (Phi) is 12.0. The zero-order chi connectivity index (χ0) is 21.3. The fraction of sp³-hybridized carbons (Fsp3) is 0.538. The van der Waals surface area contributed by atoms with Gasteiger partial charge in [-0.15, -0.1) is 16.3 Å². The summed E-state index contributed by atoms with van der Waals surface area (Å²) in [5, 5.41) is 23.5. The second-order valence-corrected chi connectivity index (χ2v) is 9.23. The van der Waals surface area contributed by atoms with Gasteiger partial charge in [-0.2, -0.15) is 0 Å². The van der Waals surface area contributed by atoms with Crippen molar-refractivity contribution in [2.75, 3.05) is 13.7 Å². The Morgan fingerprint density at radius 3 is 2.65 bits per heavy atom. The molecule has 1 aliphatic carbocycles. The van der Waals surface area contributed by atoms with Crippen LogP contribution >= 0.6 is 11.3 Å².